The van der Waals surface area contributed by atoms with Crippen molar-refractivity contribution < 1.29 is 4.74 Å². The van der Waals surface area contributed by atoms with E-state index in [0.29, 0.717) is 6.54 Å². The molecule has 0 amide bonds. The van der Waals surface area contributed by atoms with Crippen LogP contribution in [0.25, 0.3) is 0 Å². The lowest BCUT2D eigenvalue weighted by Gasteiger charge is -2.18. The smallest absolute Gasteiger partial charge is 0.185 e. The Labute approximate surface area is 88.7 Å². The van der Waals surface area contributed by atoms with Crippen LogP contribution in [0.4, 0.5) is 5.13 Å². The molecule has 0 aromatic carbocycles. The van der Waals surface area contributed by atoms with E-state index >= 15 is 0 Å². The van der Waals surface area contributed by atoms with Gasteiger partial charge in [-0.3, -0.25) is 0 Å². The van der Waals surface area contributed by atoms with Gasteiger partial charge in [-0.25, -0.2) is 4.98 Å². The van der Waals surface area contributed by atoms with Crippen molar-refractivity contribution in [2.75, 3.05) is 31.7 Å². The van der Waals surface area contributed by atoms with Crippen LogP contribution in [0.5, 0.6) is 0 Å². The van der Waals surface area contributed by atoms with E-state index < -0.39 is 0 Å². The molecule has 1 heterocycles. The number of ether oxygens (including phenoxy) is 1. The molecule has 1 aromatic rings. The molecule has 1 aromatic heterocycles. The number of hydrogen-bond donors (Lipinski definition) is 1. The molecule has 0 aliphatic heterocycles. The Kier molecular flexibility index (Phi) is 4.86. The van der Waals surface area contributed by atoms with Gasteiger partial charge in [-0.05, 0) is 6.92 Å². The fraction of sp³-hybridized carbons (Fsp3) is 0.667. The van der Waals surface area contributed by atoms with E-state index in [0.717, 1.165) is 30.5 Å². The lowest BCUT2D eigenvalue weighted by atomic mass is 10.5. The first-order chi connectivity index (χ1) is 6.81. The minimum Gasteiger partial charge on any atom is -0.383 e. The van der Waals surface area contributed by atoms with Gasteiger partial charge in [0.25, 0.3) is 0 Å². The van der Waals surface area contributed by atoms with Crippen molar-refractivity contribution >= 4 is 16.5 Å². The van der Waals surface area contributed by atoms with Gasteiger partial charge in [0.2, 0.25) is 0 Å². The van der Waals surface area contributed by atoms with Gasteiger partial charge in [0.15, 0.2) is 5.13 Å². The fourth-order valence-corrected chi connectivity index (χ4v) is 2.06. The normalized spacial score (nSPS) is 10.5. The molecular formula is C9H17N3OS. The summed E-state index contributed by atoms with van der Waals surface area (Å²) in [7, 11) is 1.71. The van der Waals surface area contributed by atoms with Gasteiger partial charge in [0.1, 0.15) is 0 Å². The van der Waals surface area contributed by atoms with Gasteiger partial charge in [-0.15, -0.1) is 11.3 Å². The predicted molar refractivity (Wildman–Crippen MR) is 59.8 cm³/mol. The lowest BCUT2D eigenvalue weighted by molar-refractivity contribution is 0.205. The van der Waals surface area contributed by atoms with Crippen molar-refractivity contribution in [1.29, 1.82) is 0 Å². The fourth-order valence-electron chi connectivity index (χ4n) is 1.13. The van der Waals surface area contributed by atoms with Crippen molar-refractivity contribution in [2.24, 2.45) is 5.73 Å². The number of nitrogens with zero attached hydrogens (tertiary/aromatic N) is 2. The second kappa shape index (κ2) is 5.95. The van der Waals surface area contributed by atoms with Crippen LogP contribution in [0.2, 0.25) is 0 Å². The molecule has 4 nitrogen and oxygen atoms in total. The number of rotatable bonds is 6. The van der Waals surface area contributed by atoms with Crippen LogP contribution < -0.4 is 10.6 Å². The Bertz CT molecular complexity index is 264. The zero-order chi connectivity index (χ0) is 10.4. The predicted octanol–water partition coefficient (Wildman–Crippen LogP) is 1.07. The highest BCUT2D eigenvalue weighted by Crippen LogP contribution is 2.19. The molecule has 0 fully saturated rings. The molecule has 1 rings (SSSR count). The molecule has 0 radical (unpaired) electrons. The summed E-state index contributed by atoms with van der Waals surface area (Å²) in [5.74, 6) is 0. The first-order valence-corrected chi connectivity index (χ1v) is 5.58. The Morgan fingerprint density at radius 3 is 2.93 bits per heavy atom. The third-order valence-electron chi connectivity index (χ3n) is 1.97. The van der Waals surface area contributed by atoms with Gasteiger partial charge in [0, 0.05) is 32.1 Å². The maximum absolute atomic E-state index is 5.51. The minimum atomic E-state index is 0.512. The zero-order valence-electron chi connectivity index (χ0n) is 8.69. The highest BCUT2D eigenvalue weighted by Gasteiger charge is 2.07. The van der Waals surface area contributed by atoms with Crippen LogP contribution in [0, 0.1) is 0 Å². The highest BCUT2D eigenvalue weighted by molar-refractivity contribution is 7.13. The number of anilines is 1. The van der Waals surface area contributed by atoms with Gasteiger partial charge in [0.05, 0.1) is 12.3 Å². The highest BCUT2D eigenvalue weighted by atomic mass is 32.1. The van der Waals surface area contributed by atoms with Crippen molar-refractivity contribution in [1.82, 2.24) is 4.98 Å². The SMILES string of the molecule is CCN(CCOC)c1nc(CN)cs1. The van der Waals surface area contributed by atoms with Crippen LogP contribution in [0.3, 0.4) is 0 Å². The molecular weight excluding hydrogens is 198 g/mol. The molecule has 0 saturated carbocycles. The number of hydrogen-bond acceptors (Lipinski definition) is 5. The number of methoxy groups -OCH3 is 1. The van der Waals surface area contributed by atoms with Crippen molar-refractivity contribution in [3.05, 3.63) is 11.1 Å². The monoisotopic (exact) mass is 215 g/mol. The summed E-state index contributed by atoms with van der Waals surface area (Å²) in [4.78, 5) is 6.60. The lowest BCUT2D eigenvalue weighted by Crippen LogP contribution is -2.26. The number of likely N-dealkylation sites (N-methyl/N-ethyl adjacent to an activating group) is 1. The average molecular weight is 215 g/mol. The first-order valence-electron chi connectivity index (χ1n) is 4.70. The number of nitrogens with two attached hydrogens (primary N) is 1. The second-order valence-electron chi connectivity index (χ2n) is 2.90. The van der Waals surface area contributed by atoms with E-state index in [1.54, 1.807) is 18.4 Å². The molecule has 0 saturated heterocycles. The van der Waals surface area contributed by atoms with Crippen molar-refractivity contribution in [2.45, 2.75) is 13.5 Å². The van der Waals surface area contributed by atoms with Gasteiger partial charge in [-0.1, -0.05) is 0 Å². The summed E-state index contributed by atoms with van der Waals surface area (Å²) in [6.45, 7) is 5.17. The molecule has 0 spiro atoms. The quantitative estimate of drug-likeness (QED) is 0.771. The minimum absolute atomic E-state index is 0.512. The van der Waals surface area contributed by atoms with E-state index in [1.807, 2.05) is 5.38 Å². The van der Waals surface area contributed by atoms with Crippen LogP contribution in [-0.2, 0) is 11.3 Å². The van der Waals surface area contributed by atoms with Crippen LogP contribution in [-0.4, -0.2) is 31.8 Å². The Hall–Kier alpha value is -0.650. The van der Waals surface area contributed by atoms with E-state index in [9.17, 15) is 0 Å². The first kappa shape index (κ1) is 11.4. The summed E-state index contributed by atoms with van der Waals surface area (Å²) >= 11 is 1.64. The maximum Gasteiger partial charge on any atom is 0.185 e. The summed E-state index contributed by atoms with van der Waals surface area (Å²) in [5.41, 5.74) is 6.46. The molecule has 2 N–H and O–H groups in total. The summed E-state index contributed by atoms with van der Waals surface area (Å²) in [6.07, 6.45) is 0. The third-order valence-corrected chi connectivity index (χ3v) is 2.92. The largest absolute Gasteiger partial charge is 0.383 e. The van der Waals surface area contributed by atoms with Gasteiger partial charge < -0.3 is 15.4 Å². The molecule has 5 heteroatoms. The average Bonchev–Trinajstić information content (AvgIpc) is 2.68. The second-order valence-corrected chi connectivity index (χ2v) is 3.73. The molecule has 14 heavy (non-hydrogen) atoms. The van der Waals surface area contributed by atoms with Crippen molar-refractivity contribution in [3.63, 3.8) is 0 Å². The maximum atomic E-state index is 5.51. The molecule has 0 atom stereocenters. The summed E-state index contributed by atoms with van der Waals surface area (Å²) in [6, 6.07) is 0. The standard InChI is InChI=1S/C9H17N3OS/c1-3-12(4-5-13-2)9-11-8(6-10)7-14-9/h7H,3-6,10H2,1-2H3. The molecule has 0 unspecified atom stereocenters. The van der Waals surface area contributed by atoms with E-state index in [-0.39, 0.29) is 0 Å². The third kappa shape index (κ3) is 2.94. The summed E-state index contributed by atoms with van der Waals surface area (Å²) < 4.78 is 5.04. The van der Waals surface area contributed by atoms with Crippen molar-refractivity contribution in [3.8, 4) is 0 Å². The number of thiazole rings is 1. The Morgan fingerprint density at radius 1 is 1.64 bits per heavy atom. The van der Waals surface area contributed by atoms with E-state index in [2.05, 4.69) is 16.8 Å². The zero-order valence-corrected chi connectivity index (χ0v) is 9.51. The topological polar surface area (TPSA) is 51.4 Å². The van der Waals surface area contributed by atoms with Crippen LogP contribution in [0.15, 0.2) is 5.38 Å². The summed E-state index contributed by atoms with van der Waals surface area (Å²) in [5, 5.41) is 3.04. The van der Waals surface area contributed by atoms with Gasteiger partial charge >= 0.3 is 0 Å². The molecule has 0 bridgehead atoms. The van der Waals surface area contributed by atoms with E-state index in [1.165, 1.54) is 0 Å². The molecule has 80 valence electrons. The Morgan fingerprint density at radius 2 is 2.43 bits per heavy atom. The number of aromatic nitrogens is 1. The molecule has 0 aliphatic rings. The van der Waals surface area contributed by atoms with E-state index in [4.69, 9.17) is 10.5 Å². The van der Waals surface area contributed by atoms with Gasteiger partial charge in [-0.2, -0.15) is 0 Å². The van der Waals surface area contributed by atoms with Crippen LogP contribution >= 0.6 is 11.3 Å². The van der Waals surface area contributed by atoms with Crippen LogP contribution in [0.1, 0.15) is 12.6 Å². The molecule has 0 aliphatic carbocycles. The Balaban J connectivity index is 2.58.